The van der Waals surface area contributed by atoms with E-state index in [0.29, 0.717) is 0 Å². The van der Waals surface area contributed by atoms with Crippen molar-refractivity contribution in [3.63, 3.8) is 0 Å². The normalized spacial score (nSPS) is 10.5. The van der Waals surface area contributed by atoms with Crippen LogP contribution in [0.5, 0.6) is 0 Å². The van der Waals surface area contributed by atoms with Crippen LogP contribution < -0.4 is 5.32 Å². The minimum absolute atomic E-state index is 0.0835. The molecule has 2 heterocycles. The molecular weight excluding hydrogens is 236 g/mol. The highest BCUT2D eigenvalue weighted by Crippen LogP contribution is 2.15. The number of hydrogen-bond donors (Lipinski definition) is 1. The van der Waals surface area contributed by atoms with Crippen LogP contribution in [0, 0.1) is 20.8 Å². The van der Waals surface area contributed by atoms with E-state index in [-0.39, 0.29) is 12.5 Å². The average Bonchev–Trinajstić information content (AvgIpc) is 2.74. The summed E-state index contributed by atoms with van der Waals surface area (Å²) >= 11 is 1.29. The van der Waals surface area contributed by atoms with Crippen LogP contribution in [0.4, 0.5) is 5.00 Å². The van der Waals surface area contributed by atoms with Crippen molar-refractivity contribution in [2.45, 2.75) is 27.3 Å². The first-order chi connectivity index (χ1) is 8.04. The van der Waals surface area contributed by atoms with Crippen molar-refractivity contribution in [2.24, 2.45) is 0 Å². The fourth-order valence-corrected chi connectivity index (χ4v) is 2.25. The maximum absolute atomic E-state index is 11.8. The number of nitrogens with one attached hydrogen (secondary N) is 1. The third-order valence-corrected chi connectivity index (χ3v) is 3.08. The summed E-state index contributed by atoms with van der Waals surface area (Å²) in [5.41, 5.74) is 2.82. The van der Waals surface area contributed by atoms with E-state index in [0.717, 1.165) is 22.1 Å². The predicted molar refractivity (Wildman–Crippen MR) is 67.2 cm³/mol. The lowest BCUT2D eigenvalue weighted by Gasteiger charge is -2.04. The first-order valence-corrected chi connectivity index (χ1v) is 6.06. The fraction of sp³-hybridized carbons (Fsp3) is 0.364. The summed E-state index contributed by atoms with van der Waals surface area (Å²) in [7, 11) is 0. The molecule has 0 aromatic carbocycles. The number of anilines is 1. The Hall–Kier alpha value is -1.69. The zero-order chi connectivity index (χ0) is 12.4. The molecule has 0 atom stereocenters. The van der Waals surface area contributed by atoms with Crippen LogP contribution in [0.15, 0.2) is 12.1 Å². The molecule has 0 aliphatic heterocycles. The minimum Gasteiger partial charge on any atom is -0.315 e. The molecule has 0 bridgehead atoms. The lowest BCUT2D eigenvalue weighted by atomic mass is 10.4. The first-order valence-electron chi connectivity index (χ1n) is 5.29. The summed E-state index contributed by atoms with van der Waals surface area (Å²) in [5, 5.41) is 7.82. The van der Waals surface area contributed by atoms with Crippen LogP contribution >= 0.6 is 11.5 Å². The van der Waals surface area contributed by atoms with E-state index in [1.165, 1.54) is 11.5 Å². The molecule has 2 aromatic rings. The van der Waals surface area contributed by atoms with E-state index in [1.807, 2.05) is 32.9 Å². The predicted octanol–water partition coefficient (Wildman–Crippen LogP) is 1.90. The number of rotatable bonds is 3. The van der Waals surface area contributed by atoms with Gasteiger partial charge in [0.1, 0.15) is 11.5 Å². The van der Waals surface area contributed by atoms with Gasteiger partial charge >= 0.3 is 0 Å². The molecule has 90 valence electrons. The number of nitrogens with zero attached hydrogens (tertiary/aromatic N) is 3. The van der Waals surface area contributed by atoms with Gasteiger partial charge in [0, 0.05) is 5.69 Å². The third kappa shape index (κ3) is 2.91. The van der Waals surface area contributed by atoms with E-state index >= 15 is 0 Å². The second kappa shape index (κ2) is 4.67. The summed E-state index contributed by atoms with van der Waals surface area (Å²) in [6.07, 6.45) is 0. The summed E-state index contributed by atoms with van der Waals surface area (Å²) in [5.74, 6) is -0.0835. The monoisotopic (exact) mass is 250 g/mol. The topological polar surface area (TPSA) is 59.8 Å². The van der Waals surface area contributed by atoms with Crippen molar-refractivity contribution in [1.29, 1.82) is 0 Å². The van der Waals surface area contributed by atoms with Gasteiger partial charge in [-0.15, -0.1) is 0 Å². The van der Waals surface area contributed by atoms with Crippen LogP contribution in [0.1, 0.15) is 17.1 Å². The van der Waals surface area contributed by atoms with E-state index in [2.05, 4.69) is 14.8 Å². The van der Waals surface area contributed by atoms with Gasteiger partial charge in [-0.05, 0) is 44.4 Å². The SMILES string of the molecule is Cc1cc(NC(=O)Cn2nc(C)cc2C)sn1. The van der Waals surface area contributed by atoms with Crippen molar-refractivity contribution in [3.05, 3.63) is 29.2 Å². The maximum atomic E-state index is 11.8. The number of carbonyl (C=O) groups excluding carboxylic acids is 1. The van der Waals surface area contributed by atoms with Crippen molar-refractivity contribution in [3.8, 4) is 0 Å². The minimum atomic E-state index is -0.0835. The lowest BCUT2D eigenvalue weighted by molar-refractivity contribution is -0.116. The van der Waals surface area contributed by atoms with Crippen molar-refractivity contribution in [2.75, 3.05) is 5.32 Å². The highest BCUT2D eigenvalue weighted by atomic mass is 32.1. The number of aryl methyl sites for hydroxylation is 3. The Kier molecular flexibility index (Phi) is 3.23. The number of carbonyl (C=O) groups is 1. The van der Waals surface area contributed by atoms with Gasteiger partial charge in [0.15, 0.2) is 0 Å². The molecule has 2 aromatic heterocycles. The quantitative estimate of drug-likeness (QED) is 0.905. The van der Waals surface area contributed by atoms with Gasteiger partial charge in [-0.2, -0.15) is 9.47 Å². The molecule has 17 heavy (non-hydrogen) atoms. The van der Waals surface area contributed by atoms with Gasteiger partial charge in [0.25, 0.3) is 0 Å². The molecule has 1 amide bonds. The second-order valence-corrected chi connectivity index (χ2v) is 4.77. The van der Waals surface area contributed by atoms with Crippen LogP contribution in [0.3, 0.4) is 0 Å². The van der Waals surface area contributed by atoms with Gasteiger partial charge in [-0.3, -0.25) is 9.48 Å². The Morgan fingerprint density at radius 2 is 2.12 bits per heavy atom. The molecule has 0 aliphatic carbocycles. The molecule has 0 saturated carbocycles. The summed E-state index contributed by atoms with van der Waals surface area (Å²) in [4.78, 5) is 11.8. The van der Waals surface area contributed by atoms with Gasteiger partial charge < -0.3 is 5.32 Å². The van der Waals surface area contributed by atoms with Crippen molar-refractivity contribution >= 4 is 22.4 Å². The molecule has 5 nitrogen and oxygen atoms in total. The van der Waals surface area contributed by atoms with E-state index in [1.54, 1.807) is 4.68 Å². The molecule has 0 aliphatic rings. The summed E-state index contributed by atoms with van der Waals surface area (Å²) < 4.78 is 5.80. The molecule has 0 radical (unpaired) electrons. The van der Waals surface area contributed by atoms with Gasteiger partial charge in [0.05, 0.1) is 11.4 Å². The van der Waals surface area contributed by atoms with E-state index in [9.17, 15) is 4.79 Å². The Balaban J connectivity index is 2.00. The second-order valence-electron chi connectivity index (χ2n) is 3.97. The third-order valence-electron chi connectivity index (χ3n) is 2.29. The van der Waals surface area contributed by atoms with Crippen molar-refractivity contribution in [1.82, 2.24) is 14.2 Å². The van der Waals surface area contributed by atoms with Crippen LogP contribution in [-0.2, 0) is 11.3 Å². The molecule has 0 unspecified atom stereocenters. The molecule has 0 spiro atoms. The molecule has 6 heteroatoms. The highest BCUT2D eigenvalue weighted by molar-refractivity contribution is 7.10. The van der Waals surface area contributed by atoms with Crippen LogP contribution in [-0.4, -0.2) is 20.1 Å². The zero-order valence-electron chi connectivity index (χ0n) is 10.0. The van der Waals surface area contributed by atoms with Crippen LogP contribution in [0.2, 0.25) is 0 Å². The van der Waals surface area contributed by atoms with Gasteiger partial charge in [-0.25, -0.2) is 0 Å². The van der Waals surface area contributed by atoms with E-state index < -0.39 is 0 Å². The Labute approximate surface area is 104 Å². The Morgan fingerprint density at radius 3 is 2.65 bits per heavy atom. The van der Waals surface area contributed by atoms with E-state index in [4.69, 9.17) is 0 Å². The number of amides is 1. The molecule has 2 rings (SSSR count). The van der Waals surface area contributed by atoms with Gasteiger partial charge in [0.2, 0.25) is 5.91 Å². The van der Waals surface area contributed by atoms with Crippen molar-refractivity contribution < 1.29 is 4.79 Å². The number of hydrogen-bond acceptors (Lipinski definition) is 4. The standard InChI is InChI=1S/C11H14N4OS/c1-7-4-9(3)15(13-7)6-10(16)12-11-5-8(2)14-17-11/h4-5H,6H2,1-3H3,(H,12,16). The Bertz CT molecular complexity index is 543. The highest BCUT2D eigenvalue weighted by Gasteiger charge is 2.08. The molecule has 1 N–H and O–H groups in total. The largest absolute Gasteiger partial charge is 0.315 e. The fourth-order valence-electron chi connectivity index (χ4n) is 1.57. The number of aromatic nitrogens is 3. The average molecular weight is 250 g/mol. The lowest BCUT2D eigenvalue weighted by Crippen LogP contribution is -2.19. The maximum Gasteiger partial charge on any atom is 0.246 e. The van der Waals surface area contributed by atoms with Crippen LogP contribution in [0.25, 0.3) is 0 Å². The van der Waals surface area contributed by atoms with Gasteiger partial charge in [-0.1, -0.05) is 0 Å². The Morgan fingerprint density at radius 1 is 1.35 bits per heavy atom. The summed E-state index contributed by atoms with van der Waals surface area (Å²) in [6, 6.07) is 3.80. The molecule has 0 saturated heterocycles. The first kappa shape index (κ1) is 11.8. The summed E-state index contributed by atoms with van der Waals surface area (Å²) in [6.45, 7) is 5.97. The molecular formula is C11H14N4OS. The zero-order valence-corrected chi connectivity index (χ0v) is 10.8. The smallest absolute Gasteiger partial charge is 0.246 e. The molecule has 0 fully saturated rings.